The number of nitrogens with one attached hydrogen (secondary N) is 2. The van der Waals surface area contributed by atoms with Crippen molar-refractivity contribution in [3.8, 4) is 0 Å². The van der Waals surface area contributed by atoms with Crippen molar-refractivity contribution in [1.82, 2.24) is 9.97 Å². The van der Waals surface area contributed by atoms with Crippen LogP contribution in [0.5, 0.6) is 0 Å². The number of aromatic nitrogens is 2. The molecule has 4 heteroatoms. The monoisotopic (exact) mass is 234 g/mol. The van der Waals surface area contributed by atoms with Crippen LogP contribution in [-0.4, -0.2) is 15.1 Å². The van der Waals surface area contributed by atoms with Crippen molar-refractivity contribution in [2.75, 3.05) is 0 Å². The fourth-order valence-electron chi connectivity index (χ4n) is 1.94. The van der Waals surface area contributed by atoms with E-state index in [1.54, 1.807) is 0 Å². The number of aliphatic hydroxyl groups is 1. The Bertz CT molecular complexity index is 556. The molecule has 3 N–H and O–H groups in total. The Balaban J connectivity index is 2.26. The summed E-state index contributed by atoms with van der Waals surface area (Å²) in [6.45, 7) is 4.24. The molecule has 0 saturated heterocycles. The summed E-state index contributed by atoms with van der Waals surface area (Å²) in [5.74, 6) is 0.492. The standard InChI is InChI=1S/C13H18N2O2/c1-3-8(2)6-12(16)9-4-5-10-11(7-9)15-13(17)14-10/h4-5,7-8,12,16H,3,6H2,1-2H3,(H2,14,15,17). The average molecular weight is 234 g/mol. The summed E-state index contributed by atoms with van der Waals surface area (Å²) in [7, 11) is 0. The zero-order chi connectivity index (χ0) is 12.4. The van der Waals surface area contributed by atoms with Gasteiger partial charge in [-0.05, 0) is 30.0 Å². The first-order valence-electron chi connectivity index (χ1n) is 6.00. The molecule has 4 nitrogen and oxygen atoms in total. The Labute approximate surface area is 99.7 Å². The molecule has 0 aliphatic heterocycles. The molecule has 1 aromatic heterocycles. The highest BCUT2D eigenvalue weighted by Gasteiger charge is 2.12. The fraction of sp³-hybridized carbons (Fsp3) is 0.462. The molecule has 1 heterocycles. The van der Waals surface area contributed by atoms with E-state index in [1.165, 1.54) is 0 Å². The largest absolute Gasteiger partial charge is 0.388 e. The first-order chi connectivity index (χ1) is 8.10. The number of fused-ring (bicyclic) bond motifs is 1. The van der Waals surface area contributed by atoms with Crippen molar-refractivity contribution in [3.63, 3.8) is 0 Å². The molecule has 92 valence electrons. The summed E-state index contributed by atoms with van der Waals surface area (Å²) < 4.78 is 0. The van der Waals surface area contributed by atoms with Crippen molar-refractivity contribution in [3.05, 3.63) is 34.2 Å². The number of aromatic amines is 2. The van der Waals surface area contributed by atoms with Crippen molar-refractivity contribution < 1.29 is 5.11 Å². The number of hydrogen-bond acceptors (Lipinski definition) is 2. The Morgan fingerprint density at radius 2 is 2.00 bits per heavy atom. The quantitative estimate of drug-likeness (QED) is 0.760. The number of imidazole rings is 1. The van der Waals surface area contributed by atoms with Crippen molar-refractivity contribution in [2.45, 2.75) is 32.8 Å². The number of rotatable bonds is 4. The minimum absolute atomic E-state index is 0.214. The van der Waals surface area contributed by atoms with Gasteiger partial charge in [-0.3, -0.25) is 0 Å². The number of benzene rings is 1. The van der Waals surface area contributed by atoms with Gasteiger partial charge in [0.1, 0.15) is 0 Å². The van der Waals surface area contributed by atoms with Crippen LogP contribution in [0.1, 0.15) is 38.4 Å². The molecule has 0 aliphatic carbocycles. The molecule has 2 aromatic rings. The maximum absolute atomic E-state index is 11.1. The molecule has 2 rings (SSSR count). The van der Waals surface area contributed by atoms with Crippen molar-refractivity contribution in [2.24, 2.45) is 5.92 Å². The second-order valence-electron chi connectivity index (χ2n) is 4.65. The zero-order valence-electron chi connectivity index (χ0n) is 10.2. The topological polar surface area (TPSA) is 68.9 Å². The van der Waals surface area contributed by atoms with Gasteiger partial charge in [0.2, 0.25) is 0 Å². The van der Waals surface area contributed by atoms with E-state index in [0.29, 0.717) is 5.92 Å². The van der Waals surface area contributed by atoms with Gasteiger partial charge in [-0.2, -0.15) is 0 Å². The molecule has 0 amide bonds. The third kappa shape index (κ3) is 2.58. The van der Waals surface area contributed by atoms with E-state index in [1.807, 2.05) is 18.2 Å². The summed E-state index contributed by atoms with van der Waals surface area (Å²) in [6, 6.07) is 5.52. The maximum atomic E-state index is 11.1. The van der Waals surface area contributed by atoms with Crippen LogP contribution < -0.4 is 5.69 Å². The van der Waals surface area contributed by atoms with Crippen LogP contribution in [0.25, 0.3) is 11.0 Å². The number of hydrogen-bond donors (Lipinski definition) is 3. The number of aliphatic hydroxyl groups excluding tert-OH is 1. The van der Waals surface area contributed by atoms with Gasteiger partial charge >= 0.3 is 5.69 Å². The zero-order valence-corrected chi connectivity index (χ0v) is 10.2. The van der Waals surface area contributed by atoms with Crippen LogP contribution in [0.2, 0.25) is 0 Å². The first-order valence-corrected chi connectivity index (χ1v) is 6.00. The molecule has 0 fully saturated rings. The van der Waals surface area contributed by atoms with Crippen LogP contribution in [0.3, 0.4) is 0 Å². The molecule has 17 heavy (non-hydrogen) atoms. The molecule has 0 bridgehead atoms. The van der Waals surface area contributed by atoms with Crippen LogP contribution in [0.4, 0.5) is 0 Å². The minimum atomic E-state index is -0.465. The number of H-pyrrole nitrogens is 2. The predicted molar refractivity (Wildman–Crippen MR) is 68.0 cm³/mol. The highest BCUT2D eigenvalue weighted by Crippen LogP contribution is 2.24. The van der Waals surface area contributed by atoms with Crippen molar-refractivity contribution in [1.29, 1.82) is 0 Å². The summed E-state index contributed by atoms with van der Waals surface area (Å²) >= 11 is 0. The summed E-state index contributed by atoms with van der Waals surface area (Å²) in [4.78, 5) is 16.5. The minimum Gasteiger partial charge on any atom is -0.388 e. The van der Waals surface area contributed by atoms with Gasteiger partial charge < -0.3 is 15.1 Å². The molecule has 1 aromatic carbocycles. The van der Waals surface area contributed by atoms with E-state index in [0.717, 1.165) is 29.4 Å². The highest BCUT2D eigenvalue weighted by molar-refractivity contribution is 5.75. The summed E-state index contributed by atoms with van der Waals surface area (Å²) in [5.41, 5.74) is 2.16. The lowest BCUT2D eigenvalue weighted by Gasteiger charge is -2.15. The van der Waals surface area contributed by atoms with Gasteiger partial charge in [-0.1, -0.05) is 26.3 Å². The Morgan fingerprint density at radius 3 is 2.71 bits per heavy atom. The molecule has 2 atom stereocenters. The van der Waals surface area contributed by atoms with Gasteiger partial charge in [-0.25, -0.2) is 4.79 Å². The SMILES string of the molecule is CCC(C)CC(O)c1ccc2[nH]c(=O)[nH]c2c1. The highest BCUT2D eigenvalue weighted by atomic mass is 16.3. The van der Waals surface area contributed by atoms with E-state index < -0.39 is 6.10 Å². The van der Waals surface area contributed by atoms with Gasteiger partial charge in [0.05, 0.1) is 17.1 Å². The summed E-state index contributed by atoms with van der Waals surface area (Å²) in [5, 5.41) is 10.1. The molecular weight excluding hydrogens is 216 g/mol. The average Bonchev–Trinajstić information content (AvgIpc) is 2.67. The van der Waals surface area contributed by atoms with E-state index in [-0.39, 0.29) is 5.69 Å². The molecule has 0 aliphatic rings. The normalized spacial score (nSPS) is 15.0. The van der Waals surface area contributed by atoms with Gasteiger partial charge in [0.15, 0.2) is 0 Å². The van der Waals surface area contributed by atoms with E-state index in [2.05, 4.69) is 23.8 Å². The van der Waals surface area contributed by atoms with Crippen LogP contribution in [0, 0.1) is 5.92 Å². The lowest BCUT2D eigenvalue weighted by molar-refractivity contribution is 0.146. The molecular formula is C13H18N2O2. The fourth-order valence-corrected chi connectivity index (χ4v) is 1.94. The van der Waals surface area contributed by atoms with Crippen LogP contribution in [-0.2, 0) is 0 Å². The second-order valence-corrected chi connectivity index (χ2v) is 4.65. The first kappa shape index (κ1) is 11.9. The lowest BCUT2D eigenvalue weighted by atomic mass is 9.96. The van der Waals surface area contributed by atoms with Crippen LogP contribution >= 0.6 is 0 Å². The van der Waals surface area contributed by atoms with Crippen molar-refractivity contribution >= 4 is 11.0 Å². The van der Waals surface area contributed by atoms with Gasteiger partial charge in [0.25, 0.3) is 0 Å². The third-order valence-corrected chi connectivity index (χ3v) is 3.25. The van der Waals surface area contributed by atoms with E-state index in [9.17, 15) is 9.90 Å². The summed E-state index contributed by atoms with van der Waals surface area (Å²) in [6.07, 6.45) is 1.34. The predicted octanol–water partition coefficient (Wildman–Crippen LogP) is 2.33. The molecule has 0 saturated carbocycles. The van der Waals surface area contributed by atoms with Gasteiger partial charge in [-0.15, -0.1) is 0 Å². The Morgan fingerprint density at radius 1 is 1.29 bits per heavy atom. The smallest absolute Gasteiger partial charge is 0.323 e. The molecule has 0 spiro atoms. The maximum Gasteiger partial charge on any atom is 0.323 e. The van der Waals surface area contributed by atoms with Crippen LogP contribution in [0.15, 0.2) is 23.0 Å². The van der Waals surface area contributed by atoms with E-state index >= 15 is 0 Å². The van der Waals surface area contributed by atoms with Gasteiger partial charge in [0, 0.05) is 0 Å². The van der Waals surface area contributed by atoms with E-state index in [4.69, 9.17) is 0 Å². The third-order valence-electron chi connectivity index (χ3n) is 3.25. The Hall–Kier alpha value is -1.55. The Kier molecular flexibility index (Phi) is 3.33. The molecule has 0 radical (unpaired) electrons. The lowest BCUT2D eigenvalue weighted by Crippen LogP contribution is -2.03. The molecule has 2 unspecified atom stereocenters. The second kappa shape index (κ2) is 4.75.